The number of benzene rings is 1. The monoisotopic (exact) mass is 380 g/mol. The molecule has 5 nitrogen and oxygen atoms in total. The minimum Gasteiger partial charge on any atom is -0.352 e. The molecular formula is C19H23F3N4O. The molecule has 2 N–H and O–H groups in total. The van der Waals surface area contributed by atoms with Gasteiger partial charge in [0.2, 0.25) is 0 Å². The molecule has 0 spiro atoms. The summed E-state index contributed by atoms with van der Waals surface area (Å²) in [6, 6.07) is 4.90. The highest BCUT2D eigenvalue weighted by atomic mass is 19.4. The predicted octanol–water partition coefficient (Wildman–Crippen LogP) is 3.32. The summed E-state index contributed by atoms with van der Waals surface area (Å²) in [5.41, 5.74) is 0.400. The molecule has 1 aliphatic rings. The van der Waals surface area contributed by atoms with Crippen LogP contribution in [0.4, 0.5) is 13.2 Å². The lowest BCUT2D eigenvalue weighted by atomic mass is 9.96. The molecule has 0 radical (unpaired) electrons. The Bertz CT molecular complexity index is 794. The van der Waals surface area contributed by atoms with Crippen LogP contribution >= 0.6 is 0 Å². The van der Waals surface area contributed by atoms with E-state index in [2.05, 4.69) is 15.7 Å². The third kappa shape index (κ3) is 4.68. The Morgan fingerprint density at radius 2 is 2.22 bits per heavy atom. The molecule has 1 aromatic heterocycles. The summed E-state index contributed by atoms with van der Waals surface area (Å²) in [5, 5.41) is 10.3. The average molecular weight is 380 g/mol. The molecule has 27 heavy (non-hydrogen) atoms. The molecular weight excluding hydrogens is 357 g/mol. The van der Waals surface area contributed by atoms with Crippen molar-refractivity contribution < 1.29 is 18.0 Å². The van der Waals surface area contributed by atoms with Crippen molar-refractivity contribution in [3.8, 4) is 5.69 Å². The second-order valence-corrected chi connectivity index (χ2v) is 6.86. The van der Waals surface area contributed by atoms with Gasteiger partial charge in [-0.25, -0.2) is 4.68 Å². The standard InChI is InChI=1S/C19H23F3N4O/c1-13-17(18(27)24-9-7-14-4-3-8-23-11-14)12-25-26(13)16-6-2-5-15(10-16)19(20,21)22/h2,5-6,10,12,14,23H,3-4,7-9,11H2,1H3,(H,24,27). The van der Waals surface area contributed by atoms with E-state index in [1.165, 1.54) is 23.0 Å². The number of piperidine rings is 1. The number of halogens is 3. The second kappa shape index (κ2) is 8.12. The van der Waals surface area contributed by atoms with Gasteiger partial charge in [-0.1, -0.05) is 6.07 Å². The van der Waals surface area contributed by atoms with Gasteiger partial charge >= 0.3 is 6.18 Å². The smallest absolute Gasteiger partial charge is 0.352 e. The fraction of sp³-hybridized carbons (Fsp3) is 0.474. The Kier molecular flexibility index (Phi) is 5.84. The third-order valence-electron chi connectivity index (χ3n) is 4.91. The SMILES string of the molecule is Cc1c(C(=O)NCCC2CCCNC2)cnn1-c1cccc(C(F)(F)F)c1. The Hall–Kier alpha value is -2.35. The molecule has 1 amide bonds. The zero-order valence-corrected chi connectivity index (χ0v) is 15.1. The number of aromatic nitrogens is 2. The van der Waals surface area contributed by atoms with Gasteiger partial charge in [-0.15, -0.1) is 0 Å². The van der Waals surface area contributed by atoms with E-state index < -0.39 is 11.7 Å². The summed E-state index contributed by atoms with van der Waals surface area (Å²) in [6.45, 7) is 4.27. The molecule has 8 heteroatoms. The summed E-state index contributed by atoms with van der Waals surface area (Å²) in [5.74, 6) is 0.308. The number of carbonyl (C=O) groups excluding carboxylic acids is 1. The number of amides is 1. The zero-order chi connectivity index (χ0) is 19.4. The van der Waals surface area contributed by atoms with E-state index in [-0.39, 0.29) is 11.6 Å². The van der Waals surface area contributed by atoms with Crippen LogP contribution in [-0.2, 0) is 6.18 Å². The first-order valence-electron chi connectivity index (χ1n) is 9.07. The highest BCUT2D eigenvalue weighted by Gasteiger charge is 2.30. The van der Waals surface area contributed by atoms with E-state index in [4.69, 9.17) is 0 Å². The van der Waals surface area contributed by atoms with Gasteiger partial charge in [0, 0.05) is 6.54 Å². The van der Waals surface area contributed by atoms with Gasteiger partial charge in [0.25, 0.3) is 5.91 Å². The molecule has 146 valence electrons. The van der Waals surface area contributed by atoms with Gasteiger partial charge in [0.15, 0.2) is 0 Å². The number of carbonyl (C=O) groups is 1. The largest absolute Gasteiger partial charge is 0.416 e. The highest BCUT2D eigenvalue weighted by Crippen LogP contribution is 2.30. The summed E-state index contributed by atoms with van der Waals surface area (Å²) in [7, 11) is 0. The Labute approximate surface area is 155 Å². The quantitative estimate of drug-likeness (QED) is 0.837. The fourth-order valence-corrected chi connectivity index (χ4v) is 3.36. The number of nitrogens with one attached hydrogen (secondary N) is 2. The highest BCUT2D eigenvalue weighted by molar-refractivity contribution is 5.95. The molecule has 2 heterocycles. The van der Waals surface area contributed by atoms with Crippen molar-refractivity contribution in [2.24, 2.45) is 5.92 Å². The first-order valence-corrected chi connectivity index (χ1v) is 9.07. The van der Waals surface area contributed by atoms with Gasteiger partial charge in [-0.05, 0) is 63.4 Å². The number of hydrogen-bond donors (Lipinski definition) is 2. The van der Waals surface area contributed by atoms with Gasteiger partial charge in [-0.2, -0.15) is 18.3 Å². The minimum absolute atomic E-state index is 0.255. The summed E-state index contributed by atoms with van der Waals surface area (Å²) < 4.78 is 40.1. The molecule has 1 aromatic carbocycles. The van der Waals surface area contributed by atoms with E-state index in [1.807, 2.05) is 0 Å². The molecule has 1 fully saturated rings. The predicted molar refractivity (Wildman–Crippen MR) is 95.8 cm³/mol. The number of alkyl halides is 3. The average Bonchev–Trinajstić information content (AvgIpc) is 3.03. The van der Waals surface area contributed by atoms with E-state index in [0.717, 1.165) is 44.5 Å². The van der Waals surface area contributed by atoms with Crippen LogP contribution in [0.25, 0.3) is 5.69 Å². The number of nitrogens with zero attached hydrogens (tertiary/aromatic N) is 2. The summed E-state index contributed by atoms with van der Waals surface area (Å²) >= 11 is 0. The van der Waals surface area contributed by atoms with Crippen molar-refractivity contribution in [1.29, 1.82) is 0 Å². The van der Waals surface area contributed by atoms with Crippen molar-refractivity contribution in [3.05, 3.63) is 47.3 Å². The first kappa shape index (κ1) is 19.4. The lowest BCUT2D eigenvalue weighted by Crippen LogP contribution is -2.33. The molecule has 2 aromatic rings. The van der Waals surface area contributed by atoms with Crippen molar-refractivity contribution in [2.75, 3.05) is 19.6 Å². The molecule has 3 rings (SSSR count). The maximum atomic E-state index is 12.9. The van der Waals surface area contributed by atoms with Gasteiger partial charge in [-0.3, -0.25) is 4.79 Å². The van der Waals surface area contributed by atoms with Gasteiger partial charge < -0.3 is 10.6 Å². The van der Waals surface area contributed by atoms with Crippen LogP contribution in [0.3, 0.4) is 0 Å². The maximum absolute atomic E-state index is 12.9. The summed E-state index contributed by atoms with van der Waals surface area (Å²) in [6.07, 6.45) is 0.189. The van der Waals surface area contributed by atoms with Crippen molar-refractivity contribution in [2.45, 2.75) is 32.4 Å². The topological polar surface area (TPSA) is 59.0 Å². The Morgan fingerprint density at radius 1 is 1.41 bits per heavy atom. The van der Waals surface area contributed by atoms with Crippen LogP contribution in [0.1, 0.15) is 40.9 Å². The van der Waals surface area contributed by atoms with Gasteiger partial charge in [0.1, 0.15) is 0 Å². The van der Waals surface area contributed by atoms with Crippen LogP contribution in [0.5, 0.6) is 0 Å². The van der Waals surface area contributed by atoms with Crippen LogP contribution < -0.4 is 10.6 Å². The molecule has 1 atom stereocenters. The van der Waals surface area contributed by atoms with E-state index in [0.29, 0.717) is 23.7 Å². The van der Waals surface area contributed by atoms with E-state index in [1.54, 1.807) is 6.92 Å². The van der Waals surface area contributed by atoms with Crippen LogP contribution in [0, 0.1) is 12.8 Å². The van der Waals surface area contributed by atoms with Crippen LogP contribution in [0.15, 0.2) is 30.5 Å². The Morgan fingerprint density at radius 3 is 2.93 bits per heavy atom. The maximum Gasteiger partial charge on any atom is 0.416 e. The Balaban J connectivity index is 1.67. The lowest BCUT2D eigenvalue weighted by Gasteiger charge is -2.22. The zero-order valence-electron chi connectivity index (χ0n) is 15.1. The molecule has 1 unspecified atom stereocenters. The number of rotatable bonds is 5. The minimum atomic E-state index is -4.43. The molecule has 0 bridgehead atoms. The molecule has 1 aliphatic heterocycles. The van der Waals surface area contributed by atoms with E-state index >= 15 is 0 Å². The molecule has 1 saturated heterocycles. The second-order valence-electron chi connectivity index (χ2n) is 6.86. The number of hydrogen-bond acceptors (Lipinski definition) is 3. The van der Waals surface area contributed by atoms with Crippen molar-refractivity contribution in [1.82, 2.24) is 20.4 Å². The van der Waals surface area contributed by atoms with Crippen molar-refractivity contribution in [3.63, 3.8) is 0 Å². The van der Waals surface area contributed by atoms with Crippen LogP contribution in [-0.4, -0.2) is 35.3 Å². The van der Waals surface area contributed by atoms with E-state index in [9.17, 15) is 18.0 Å². The fourth-order valence-electron chi connectivity index (χ4n) is 3.36. The van der Waals surface area contributed by atoms with Crippen molar-refractivity contribution >= 4 is 5.91 Å². The first-order chi connectivity index (χ1) is 12.9. The van der Waals surface area contributed by atoms with Crippen LogP contribution in [0.2, 0.25) is 0 Å². The molecule has 0 saturated carbocycles. The third-order valence-corrected chi connectivity index (χ3v) is 4.91. The molecule has 0 aliphatic carbocycles. The van der Waals surface area contributed by atoms with Gasteiger partial charge in [0.05, 0.1) is 28.7 Å². The summed E-state index contributed by atoms with van der Waals surface area (Å²) in [4.78, 5) is 12.4. The normalized spacial score (nSPS) is 17.7. The lowest BCUT2D eigenvalue weighted by molar-refractivity contribution is -0.137.